The number of rotatable bonds is 5. The molecule has 7 heteroatoms. The van der Waals surface area contributed by atoms with E-state index in [1.807, 2.05) is 0 Å². The predicted octanol–water partition coefficient (Wildman–Crippen LogP) is 1.37. The van der Waals surface area contributed by atoms with Crippen molar-refractivity contribution in [1.29, 1.82) is 0 Å². The molecular formula is C10H14ClN3O3. The van der Waals surface area contributed by atoms with Crippen LogP contribution in [0.25, 0.3) is 0 Å². The van der Waals surface area contributed by atoms with Gasteiger partial charge in [-0.25, -0.2) is 0 Å². The van der Waals surface area contributed by atoms with E-state index in [1.54, 1.807) is 19.1 Å². The Labute approximate surface area is 104 Å². The highest BCUT2D eigenvalue weighted by Crippen LogP contribution is 2.32. The zero-order valence-electron chi connectivity index (χ0n) is 9.26. The van der Waals surface area contributed by atoms with Gasteiger partial charge in [-0.3, -0.25) is 10.1 Å². The quantitative estimate of drug-likeness (QED) is 0.548. The SMILES string of the molecule is CC(O)C(N)CNc1cccc(Cl)c1[N+](=O)[O-]. The number of nitro benzene ring substituents is 1. The highest BCUT2D eigenvalue weighted by molar-refractivity contribution is 6.33. The third-order valence-corrected chi connectivity index (χ3v) is 2.62. The highest BCUT2D eigenvalue weighted by atomic mass is 35.5. The molecule has 0 bridgehead atoms. The van der Waals surface area contributed by atoms with Crippen LogP contribution in [0, 0.1) is 10.1 Å². The van der Waals surface area contributed by atoms with Crippen LogP contribution in [-0.2, 0) is 0 Å². The van der Waals surface area contributed by atoms with Gasteiger partial charge in [-0.05, 0) is 19.1 Å². The summed E-state index contributed by atoms with van der Waals surface area (Å²) in [4.78, 5) is 10.3. The standard InChI is InChI=1S/C10H14ClN3O3/c1-6(15)8(12)5-13-9-4-2-3-7(11)10(9)14(16)17/h2-4,6,8,13,15H,5,12H2,1H3. The molecule has 1 aromatic carbocycles. The lowest BCUT2D eigenvalue weighted by Gasteiger charge is -2.16. The number of hydrogen-bond acceptors (Lipinski definition) is 5. The van der Waals surface area contributed by atoms with Gasteiger partial charge in [-0.15, -0.1) is 0 Å². The van der Waals surface area contributed by atoms with E-state index in [2.05, 4.69) is 5.32 Å². The summed E-state index contributed by atoms with van der Waals surface area (Å²) in [5.41, 5.74) is 5.72. The summed E-state index contributed by atoms with van der Waals surface area (Å²) in [5, 5.41) is 22.9. The minimum Gasteiger partial charge on any atom is -0.392 e. The fourth-order valence-electron chi connectivity index (χ4n) is 1.24. The van der Waals surface area contributed by atoms with Gasteiger partial charge in [0.15, 0.2) is 0 Å². The molecule has 17 heavy (non-hydrogen) atoms. The maximum absolute atomic E-state index is 10.8. The monoisotopic (exact) mass is 259 g/mol. The predicted molar refractivity (Wildman–Crippen MR) is 66.3 cm³/mol. The van der Waals surface area contributed by atoms with Crippen LogP contribution < -0.4 is 11.1 Å². The molecule has 1 rings (SSSR count). The lowest BCUT2D eigenvalue weighted by Crippen LogP contribution is -2.38. The molecule has 0 heterocycles. The number of nitrogens with two attached hydrogens (primary N) is 1. The molecule has 0 aliphatic rings. The molecule has 2 unspecified atom stereocenters. The average Bonchev–Trinajstić information content (AvgIpc) is 2.24. The van der Waals surface area contributed by atoms with Gasteiger partial charge in [0.1, 0.15) is 10.7 Å². The average molecular weight is 260 g/mol. The largest absolute Gasteiger partial charge is 0.392 e. The fraction of sp³-hybridized carbons (Fsp3) is 0.400. The minimum absolute atomic E-state index is 0.0608. The van der Waals surface area contributed by atoms with Crippen LogP contribution in [0.2, 0.25) is 5.02 Å². The van der Waals surface area contributed by atoms with Crippen LogP contribution in [0.4, 0.5) is 11.4 Å². The molecule has 0 aliphatic carbocycles. The molecule has 0 amide bonds. The Morgan fingerprint density at radius 1 is 1.65 bits per heavy atom. The van der Waals surface area contributed by atoms with E-state index in [1.165, 1.54) is 6.07 Å². The molecule has 6 nitrogen and oxygen atoms in total. The molecule has 0 spiro atoms. The van der Waals surface area contributed by atoms with Crippen LogP contribution in [-0.4, -0.2) is 28.7 Å². The molecule has 1 aromatic rings. The lowest BCUT2D eigenvalue weighted by molar-refractivity contribution is -0.383. The maximum atomic E-state index is 10.8. The molecule has 4 N–H and O–H groups in total. The summed E-state index contributed by atoms with van der Waals surface area (Å²) in [6, 6.07) is 4.08. The molecule has 2 atom stereocenters. The lowest BCUT2D eigenvalue weighted by atomic mass is 10.2. The third kappa shape index (κ3) is 3.55. The van der Waals surface area contributed by atoms with Crippen LogP contribution in [0.15, 0.2) is 18.2 Å². The molecule has 0 aromatic heterocycles. The van der Waals surface area contributed by atoms with E-state index in [4.69, 9.17) is 17.3 Å². The second-order valence-electron chi connectivity index (χ2n) is 3.68. The van der Waals surface area contributed by atoms with Crippen molar-refractivity contribution in [2.24, 2.45) is 5.73 Å². The zero-order valence-corrected chi connectivity index (χ0v) is 10.0. The van der Waals surface area contributed by atoms with E-state index in [9.17, 15) is 15.2 Å². The summed E-state index contributed by atoms with van der Waals surface area (Å²) < 4.78 is 0. The van der Waals surface area contributed by atoms with Crippen LogP contribution in [0.1, 0.15) is 6.92 Å². The van der Waals surface area contributed by atoms with Crippen LogP contribution >= 0.6 is 11.6 Å². The van der Waals surface area contributed by atoms with Gasteiger partial charge in [0.25, 0.3) is 0 Å². The number of para-hydroxylation sites is 1. The van der Waals surface area contributed by atoms with Gasteiger partial charge >= 0.3 is 5.69 Å². The Hall–Kier alpha value is -1.37. The van der Waals surface area contributed by atoms with E-state index < -0.39 is 17.1 Å². The number of aliphatic hydroxyl groups excluding tert-OH is 1. The summed E-state index contributed by atoms with van der Waals surface area (Å²) in [7, 11) is 0. The Balaban J connectivity index is 2.84. The number of aliphatic hydroxyl groups is 1. The van der Waals surface area contributed by atoms with Crippen molar-refractivity contribution in [2.75, 3.05) is 11.9 Å². The highest BCUT2D eigenvalue weighted by Gasteiger charge is 2.19. The molecule has 0 aliphatic heterocycles. The molecule has 0 saturated carbocycles. The Bertz CT molecular complexity index is 412. The van der Waals surface area contributed by atoms with Crippen molar-refractivity contribution in [1.82, 2.24) is 0 Å². The number of nitrogens with one attached hydrogen (secondary N) is 1. The normalized spacial score (nSPS) is 14.1. The second kappa shape index (κ2) is 5.81. The molecule has 94 valence electrons. The Kier molecular flexibility index (Phi) is 4.68. The van der Waals surface area contributed by atoms with E-state index in [0.717, 1.165) is 0 Å². The molecule has 0 fully saturated rings. The topological polar surface area (TPSA) is 101 Å². The van der Waals surface area contributed by atoms with Gasteiger partial charge in [0.2, 0.25) is 0 Å². The number of anilines is 1. The van der Waals surface area contributed by atoms with Crippen molar-refractivity contribution in [3.8, 4) is 0 Å². The number of nitro groups is 1. The number of nitrogens with zero attached hydrogens (tertiary/aromatic N) is 1. The first kappa shape index (κ1) is 13.7. The van der Waals surface area contributed by atoms with Crippen LogP contribution in [0.3, 0.4) is 0 Å². The Morgan fingerprint density at radius 2 is 2.29 bits per heavy atom. The smallest absolute Gasteiger partial charge is 0.310 e. The van der Waals surface area contributed by atoms with E-state index >= 15 is 0 Å². The molecular weight excluding hydrogens is 246 g/mol. The van der Waals surface area contributed by atoms with Gasteiger partial charge in [0.05, 0.1) is 11.0 Å². The van der Waals surface area contributed by atoms with Gasteiger partial charge in [-0.2, -0.15) is 0 Å². The van der Waals surface area contributed by atoms with Crippen molar-refractivity contribution < 1.29 is 10.0 Å². The summed E-state index contributed by atoms with van der Waals surface area (Å²) in [6.07, 6.45) is -0.694. The van der Waals surface area contributed by atoms with Gasteiger partial charge in [0, 0.05) is 12.6 Å². The molecule has 0 saturated heterocycles. The Morgan fingerprint density at radius 3 is 2.82 bits per heavy atom. The zero-order chi connectivity index (χ0) is 13.0. The second-order valence-corrected chi connectivity index (χ2v) is 4.09. The number of hydrogen-bond donors (Lipinski definition) is 3. The first-order chi connectivity index (χ1) is 7.93. The minimum atomic E-state index is -0.694. The molecule has 0 radical (unpaired) electrons. The number of halogens is 1. The van der Waals surface area contributed by atoms with Crippen molar-refractivity contribution in [3.05, 3.63) is 33.3 Å². The number of benzene rings is 1. The summed E-state index contributed by atoms with van der Waals surface area (Å²) in [6.45, 7) is 1.78. The third-order valence-electron chi connectivity index (χ3n) is 2.32. The van der Waals surface area contributed by atoms with Gasteiger partial charge < -0.3 is 16.2 Å². The summed E-state index contributed by atoms with van der Waals surface area (Å²) in [5.74, 6) is 0. The van der Waals surface area contributed by atoms with E-state index in [-0.39, 0.29) is 17.3 Å². The first-order valence-electron chi connectivity index (χ1n) is 5.04. The first-order valence-corrected chi connectivity index (χ1v) is 5.41. The van der Waals surface area contributed by atoms with Crippen molar-refractivity contribution in [2.45, 2.75) is 19.1 Å². The fourth-order valence-corrected chi connectivity index (χ4v) is 1.49. The van der Waals surface area contributed by atoms with Crippen molar-refractivity contribution >= 4 is 23.0 Å². The maximum Gasteiger partial charge on any atom is 0.310 e. The van der Waals surface area contributed by atoms with Crippen molar-refractivity contribution in [3.63, 3.8) is 0 Å². The van der Waals surface area contributed by atoms with Gasteiger partial charge in [-0.1, -0.05) is 17.7 Å². The summed E-state index contributed by atoms with van der Waals surface area (Å²) >= 11 is 5.74. The van der Waals surface area contributed by atoms with Crippen LogP contribution in [0.5, 0.6) is 0 Å². The van der Waals surface area contributed by atoms with E-state index in [0.29, 0.717) is 5.69 Å².